The van der Waals surface area contributed by atoms with Gasteiger partial charge in [-0.3, -0.25) is 0 Å². The Morgan fingerprint density at radius 2 is 1.93 bits per heavy atom. The van der Waals surface area contributed by atoms with E-state index < -0.39 is 0 Å². The highest BCUT2D eigenvalue weighted by molar-refractivity contribution is 5.23. The molecule has 0 radical (unpaired) electrons. The van der Waals surface area contributed by atoms with Crippen LogP contribution in [0.2, 0.25) is 0 Å². The third-order valence-electron chi connectivity index (χ3n) is 1.89. The lowest BCUT2D eigenvalue weighted by molar-refractivity contribution is 0.379. The van der Waals surface area contributed by atoms with Crippen molar-refractivity contribution in [1.82, 2.24) is 25.1 Å². The maximum absolute atomic E-state index is 3.93. The Labute approximate surface area is 84.5 Å². The number of rotatable bonds is 5. The zero-order chi connectivity index (χ0) is 10.6. The number of aryl methyl sites for hydroxylation is 1. The molecule has 0 amide bonds. The van der Waals surface area contributed by atoms with E-state index in [1.54, 1.807) is 0 Å². The molecule has 0 atom stereocenters. The van der Waals surface area contributed by atoms with Gasteiger partial charge in [-0.2, -0.15) is 0 Å². The standard InChI is InChI=1S/C8H18N6/c1-12(2)6-5-7-14-8(13(3)4)9-10-11-14/h5-7H2,1-4H3. The van der Waals surface area contributed by atoms with Gasteiger partial charge in [-0.15, -0.1) is 0 Å². The van der Waals surface area contributed by atoms with Gasteiger partial charge in [0.15, 0.2) is 0 Å². The van der Waals surface area contributed by atoms with Crippen LogP contribution < -0.4 is 4.90 Å². The average molecular weight is 198 g/mol. The Balaban J connectivity index is 2.46. The Morgan fingerprint density at radius 1 is 1.21 bits per heavy atom. The Kier molecular flexibility index (Phi) is 3.82. The van der Waals surface area contributed by atoms with Gasteiger partial charge in [0, 0.05) is 20.6 Å². The number of hydrogen-bond donors (Lipinski definition) is 0. The first-order valence-corrected chi connectivity index (χ1v) is 4.69. The van der Waals surface area contributed by atoms with Crippen molar-refractivity contribution < 1.29 is 0 Å². The molecule has 1 aromatic heterocycles. The fourth-order valence-electron chi connectivity index (χ4n) is 1.20. The van der Waals surface area contributed by atoms with Crippen molar-refractivity contribution in [3.63, 3.8) is 0 Å². The van der Waals surface area contributed by atoms with Crippen LogP contribution >= 0.6 is 0 Å². The molecule has 0 aromatic carbocycles. The van der Waals surface area contributed by atoms with Gasteiger partial charge in [-0.1, -0.05) is 5.10 Å². The van der Waals surface area contributed by atoms with Crippen molar-refractivity contribution in [2.45, 2.75) is 13.0 Å². The third kappa shape index (κ3) is 2.95. The van der Waals surface area contributed by atoms with Crippen LogP contribution in [-0.4, -0.2) is 59.8 Å². The molecule has 0 fully saturated rings. The number of hydrogen-bond acceptors (Lipinski definition) is 5. The van der Waals surface area contributed by atoms with Gasteiger partial charge in [0.05, 0.1) is 0 Å². The first kappa shape index (κ1) is 10.9. The molecule has 1 aromatic rings. The van der Waals surface area contributed by atoms with E-state index in [1.165, 1.54) is 0 Å². The minimum atomic E-state index is 0.809. The molecule has 0 aliphatic carbocycles. The van der Waals surface area contributed by atoms with Crippen LogP contribution in [0, 0.1) is 0 Å². The van der Waals surface area contributed by atoms with Crippen LogP contribution in [0.3, 0.4) is 0 Å². The van der Waals surface area contributed by atoms with Gasteiger partial charge < -0.3 is 9.80 Å². The molecular formula is C8H18N6. The fourth-order valence-corrected chi connectivity index (χ4v) is 1.20. The van der Waals surface area contributed by atoms with E-state index in [1.807, 2.05) is 23.7 Å². The summed E-state index contributed by atoms with van der Waals surface area (Å²) in [6.45, 7) is 1.91. The van der Waals surface area contributed by atoms with Crippen molar-refractivity contribution in [1.29, 1.82) is 0 Å². The summed E-state index contributed by atoms with van der Waals surface area (Å²) in [7, 11) is 8.00. The maximum Gasteiger partial charge on any atom is 0.245 e. The highest BCUT2D eigenvalue weighted by atomic mass is 15.6. The molecule has 0 aliphatic rings. The summed E-state index contributed by atoms with van der Waals surface area (Å²) in [6, 6.07) is 0. The van der Waals surface area contributed by atoms with Crippen molar-refractivity contribution in [2.75, 3.05) is 39.6 Å². The van der Waals surface area contributed by atoms with Gasteiger partial charge in [0.1, 0.15) is 0 Å². The van der Waals surface area contributed by atoms with Crippen LogP contribution in [0.5, 0.6) is 0 Å². The zero-order valence-electron chi connectivity index (χ0n) is 9.30. The van der Waals surface area contributed by atoms with Gasteiger partial charge in [0.25, 0.3) is 0 Å². The molecule has 0 saturated carbocycles. The van der Waals surface area contributed by atoms with E-state index in [4.69, 9.17) is 0 Å². The predicted molar refractivity (Wildman–Crippen MR) is 55.3 cm³/mol. The number of aromatic nitrogens is 4. The summed E-state index contributed by atoms with van der Waals surface area (Å²) in [4.78, 5) is 4.06. The molecule has 1 rings (SSSR count). The van der Waals surface area contributed by atoms with Crippen LogP contribution in [-0.2, 0) is 6.54 Å². The topological polar surface area (TPSA) is 50.1 Å². The number of anilines is 1. The monoisotopic (exact) mass is 198 g/mol. The number of nitrogens with zero attached hydrogens (tertiary/aromatic N) is 6. The second-order valence-corrected chi connectivity index (χ2v) is 3.75. The molecule has 0 bridgehead atoms. The second-order valence-electron chi connectivity index (χ2n) is 3.75. The van der Waals surface area contributed by atoms with E-state index >= 15 is 0 Å². The fraction of sp³-hybridized carbons (Fsp3) is 0.875. The van der Waals surface area contributed by atoms with E-state index in [0.29, 0.717) is 0 Å². The lowest BCUT2D eigenvalue weighted by atomic mass is 10.4. The van der Waals surface area contributed by atoms with Crippen molar-refractivity contribution in [3.05, 3.63) is 0 Å². The quantitative estimate of drug-likeness (QED) is 0.649. The van der Waals surface area contributed by atoms with Crippen LogP contribution in [0.4, 0.5) is 5.95 Å². The second kappa shape index (κ2) is 4.90. The Bertz CT molecular complexity index is 267. The highest BCUT2D eigenvalue weighted by Gasteiger charge is 2.06. The summed E-state index contributed by atoms with van der Waals surface area (Å²) in [5.41, 5.74) is 0. The SMILES string of the molecule is CN(C)CCCn1nnnc1N(C)C. The minimum Gasteiger partial charge on any atom is -0.346 e. The lowest BCUT2D eigenvalue weighted by Crippen LogP contribution is -2.19. The van der Waals surface area contributed by atoms with Gasteiger partial charge in [-0.05, 0) is 37.5 Å². The smallest absolute Gasteiger partial charge is 0.245 e. The predicted octanol–water partition coefficient (Wildman–Crippen LogP) is -0.309. The highest BCUT2D eigenvalue weighted by Crippen LogP contribution is 2.03. The summed E-state index contributed by atoms with van der Waals surface area (Å²) >= 11 is 0. The molecule has 0 spiro atoms. The first-order valence-electron chi connectivity index (χ1n) is 4.69. The largest absolute Gasteiger partial charge is 0.346 e. The van der Waals surface area contributed by atoms with E-state index in [9.17, 15) is 0 Å². The van der Waals surface area contributed by atoms with Crippen LogP contribution in [0.15, 0.2) is 0 Å². The molecule has 80 valence electrons. The summed E-state index contributed by atoms with van der Waals surface area (Å²) in [5.74, 6) is 0.809. The summed E-state index contributed by atoms with van der Waals surface area (Å²) in [6.07, 6.45) is 1.05. The van der Waals surface area contributed by atoms with E-state index in [-0.39, 0.29) is 0 Å². The zero-order valence-corrected chi connectivity index (χ0v) is 9.30. The molecule has 1 heterocycles. The molecule has 0 N–H and O–H groups in total. The third-order valence-corrected chi connectivity index (χ3v) is 1.89. The molecular weight excluding hydrogens is 180 g/mol. The minimum absolute atomic E-state index is 0.809. The maximum atomic E-state index is 3.93. The summed E-state index contributed by atoms with van der Waals surface area (Å²) in [5, 5.41) is 11.5. The normalized spacial score (nSPS) is 10.9. The van der Waals surface area contributed by atoms with E-state index in [0.717, 1.165) is 25.5 Å². The van der Waals surface area contributed by atoms with Crippen molar-refractivity contribution >= 4 is 5.95 Å². The molecule has 0 unspecified atom stereocenters. The van der Waals surface area contributed by atoms with Gasteiger partial charge >= 0.3 is 0 Å². The molecule has 14 heavy (non-hydrogen) atoms. The molecule has 0 aliphatic heterocycles. The van der Waals surface area contributed by atoms with Crippen LogP contribution in [0.1, 0.15) is 6.42 Å². The first-order chi connectivity index (χ1) is 6.61. The van der Waals surface area contributed by atoms with Gasteiger partial charge in [-0.25, -0.2) is 4.68 Å². The number of tetrazole rings is 1. The van der Waals surface area contributed by atoms with Crippen molar-refractivity contribution in [2.24, 2.45) is 0 Å². The molecule has 6 heteroatoms. The van der Waals surface area contributed by atoms with E-state index in [2.05, 4.69) is 34.5 Å². The average Bonchev–Trinajstić information content (AvgIpc) is 2.51. The van der Waals surface area contributed by atoms with Crippen LogP contribution in [0.25, 0.3) is 0 Å². The molecule has 0 saturated heterocycles. The Hall–Kier alpha value is -1.17. The van der Waals surface area contributed by atoms with Crippen molar-refractivity contribution in [3.8, 4) is 0 Å². The molecule has 6 nitrogen and oxygen atoms in total. The summed E-state index contributed by atoms with van der Waals surface area (Å²) < 4.78 is 1.82. The Morgan fingerprint density at radius 3 is 2.50 bits per heavy atom. The lowest BCUT2D eigenvalue weighted by Gasteiger charge is -2.12. The van der Waals surface area contributed by atoms with Gasteiger partial charge in [0.2, 0.25) is 5.95 Å².